The smallest absolute Gasteiger partial charge is 0.369 e. The number of nitrogens with one attached hydrogen (secondary N) is 2. The van der Waals surface area contributed by atoms with Crippen molar-refractivity contribution in [3.8, 4) is 0 Å². The lowest BCUT2D eigenvalue weighted by Crippen LogP contribution is -2.43. The fraction of sp³-hybridized carbons (Fsp3) is 0.391. The molecule has 0 saturated carbocycles. The highest BCUT2D eigenvalue weighted by Gasteiger charge is 2.31. The van der Waals surface area contributed by atoms with E-state index in [4.69, 9.17) is 0 Å². The molecule has 3 rings (SSSR count). The number of hydrogen-bond acceptors (Lipinski definition) is 3. The molecule has 1 heterocycles. The summed E-state index contributed by atoms with van der Waals surface area (Å²) in [6.07, 6.45) is -3.78. The number of nitrogens with zero attached hydrogens (tertiary/aromatic N) is 1. The maximum Gasteiger partial charge on any atom is 0.416 e. The summed E-state index contributed by atoms with van der Waals surface area (Å²) in [7, 11) is 0. The minimum absolute atomic E-state index is 0.0126. The Morgan fingerprint density at radius 1 is 0.903 bits per heavy atom. The first-order chi connectivity index (χ1) is 14.4. The maximum atomic E-state index is 12.7. The molecule has 1 saturated heterocycles. The van der Waals surface area contributed by atoms with Crippen LogP contribution in [0.1, 0.15) is 38.3 Å². The van der Waals surface area contributed by atoms with Crippen LogP contribution in [0.4, 0.5) is 24.5 Å². The predicted molar refractivity (Wildman–Crippen MR) is 114 cm³/mol. The van der Waals surface area contributed by atoms with E-state index in [2.05, 4.69) is 31.4 Å². The first-order valence-corrected chi connectivity index (χ1v) is 10.1. The van der Waals surface area contributed by atoms with Crippen LogP contribution in [0.2, 0.25) is 0 Å². The molecule has 1 unspecified atom stereocenters. The van der Waals surface area contributed by atoms with Gasteiger partial charge in [0.1, 0.15) is 0 Å². The van der Waals surface area contributed by atoms with Gasteiger partial charge in [0, 0.05) is 30.5 Å². The van der Waals surface area contributed by atoms with E-state index in [1.54, 1.807) is 12.1 Å². The van der Waals surface area contributed by atoms with Crippen molar-refractivity contribution in [1.82, 2.24) is 5.32 Å². The molecule has 0 spiro atoms. The fourth-order valence-corrected chi connectivity index (χ4v) is 3.47. The van der Waals surface area contributed by atoms with Gasteiger partial charge >= 0.3 is 18.0 Å². The third kappa shape index (κ3) is 5.77. The zero-order valence-corrected chi connectivity index (χ0v) is 17.7. The minimum Gasteiger partial charge on any atom is -0.369 e. The molecule has 0 aliphatic carbocycles. The van der Waals surface area contributed by atoms with E-state index in [0.717, 1.165) is 17.7 Å². The van der Waals surface area contributed by atoms with Gasteiger partial charge < -0.3 is 15.5 Å². The Morgan fingerprint density at radius 2 is 1.48 bits per heavy atom. The first kappa shape index (κ1) is 22.7. The van der Waals surface area contributed by atoms with Crippen LogP contribution < -0.4 is 15.5 Å². The summed E-state index contributed by atoms with van der Waals surface area (Å²) in [4.78, 5) is 26.4. The van der Waals surface area contributed by atoms with Crippen LogP contribution in [0, 0.1) is 0 Å². The van der Waals surface area contributed by atoms with Crippen molar-refractivity contribution in [3.05, 3.63) is 59.7 Å². The third-order valence-electron chi connectivity index (χ3n) is 5.30. The molecule has 1 aliphatic heterocycles. The van der Waals surface area contributed by atoms with Gasteiger partial charge in [0.05, 0.1) is 5.56 Å². The van der Waals surface area contributed by atoms with Crippen molar-refractivity contribution in [2.75, 3.05) is 23.3 Å². The zero-order valence-electron chi connectivity index (χ0n) is 17.7. The van der Waals surface area contributed by atoms with E-state index in [-0.39, 0.29) is 11.5 Å². The van der Waals surface area contributed by atoms with Crippen LogP contribution >= 0.6 is 0 Å². The summed E-state index contributed by atoms with van der Waals surface area (Å²) in [6, 6.07) is 12.0. The van der Waals surface area contributed by atoms with Crippen LogP contribution in [-0.4, -0.2) is 30.9 Å². The summed E-state index contributed by atoms with van der Waals surface area (Å²) in [5, 5.41) is 5.28. The third-order valence-corrected chi connectivity index (χ3v) is 5.30. The number of amides is 2. The second-order valence-electron chi connectivity index (χ2n) is 8.73. The Bertz CT molecular complexity index is 933. The lowest BCUT2D eigenvalue weighted by atomic mass is 9.87. The molecule has 0 radical (unpaired) electrons. The summed E-state index contributed by atoms with van der Waals surface area (Å²) >= 11 is 0. The number of alkyl halides is 3. The van der Waals surface area contributed by atoms with Gasteiger partial charge in [-0.05, 0) is 53.8 Å². The molecule has 0 aromatic heterocycles. The molecule has 2 amide bonds. The number of rotatable bonds is 3. The average Bonchev–Trinajstić information content (AvgIpc) is 3.15. The van der Waals surface area contributed by atoms with Crippen molar-refractivity contribution < 1.29 is 22.8 Å². The lowest BCUT2D eigenvalue weighted by molar-refractivity contribution is -0.137. The Morgan fingerprint density at radius 3 is 2.03 bits per heavy atom. The van der Waals surface area contributed by atoms with Gasteiger partial charge in [0.25, 0.3) is 0 Å². The molecular weight excluding hydrogens is 407 g/mol. The highest BCUT2D eigenvalue weighted by atomic mass is 19.4. The number of benzene rings is 2. The van der Waals surface area contributed by atoms with Gasteiger partial charge in [0.2, 0.25) is 0 Å². The maximum absolute atomic E-state index is 12.7. The van der Waals surface area contributed by atoms with Crippen LogP contribution in [-0.2, 0) is 21.2 Å². The highest BCUT2D eigenvalue weighted by Crippen LogP contribution is 2.31. The molecule has 1 atom stereocenters. The molecular formula is C23H26F3N3O2. The van der Waals surface area contributed by atoms with E-state index in [1.807, 2.05) is 17.0 Å². The van der Waals surface area contributed by atoms with Gasteiger partial charge in [-0.3, -0.25) is 9.59 Å². The number of hydrogen-bond donors (Lipinski definition) is 2. The van der Waals surface area contributed by atoms with Gasteiger partial charge in [-0.1, -0.05) is 32.9 Å². The molecule has 2 aromatic rings. The number of carbonyl (C=O) groups is 2. The largest absolute Gasteiger partial charge is 0.416 e. The van der Waals surface area contributed by atoms with Gasteiger partial charge in [-0.15, -0.1) is 0 Å². The van der Waals surface area contributed by atoms with E-state index in [1.165, 1.54) is 12.1 Å². The van der Waals surface area contributed by atoms with Crippen LogP contribution in [0.15, 0.2) is 48.5 Å². The quantitative estimate of drug-likeness (QED) is 0.708. The summed E-state index contributed by atoms with van der Waals surface area (Å²) in [5.41, 5.74) is 1.58. The predicted octanol–water partition coefficient (Wildman–Crippen LogP) is 4.34. The van der Waals surface area contributed by atoms with E-state index >= 15 is 0 Å². The molecule has 5 nitrogen and oxygen atoms in total. The second-order valence-corrected chi connectivity index (χ2v) is 8.73. The standard InChI is InChI=1S/C23H26F3N3O2/c1-22(2,3)15-4-8-17(9-5-15)27-20(30)21(31)28-18-12-13-29(14-18)19-10-6-16(7-11-19)23(24,25)26/h4-11,18H,12-14H2,1-3H3,(H,27,30)(H,28,31). The van der Waals surface area contributed by atoms with Crippen LogP contribution in [0.5, 0.6) is 0 Å². The van der Waals surface area contributed by atoms with Crippen LogP contribution in [0.25, 0.3) is 0 Å². The minimum atomic E-state index is -4.37. The van der Waals surface area contributed by atoms with Gasteiger partial charge in [0.15, 0.2) is 0 Å². The average molecular weight is 433 g/mol. The lowest BCUT2D eigenvalue weighted by Gasteiger charge is -2.20. The monoisotopic (exact) mass is 433 g/mol. The summed E-state index contributed by atoms with van der Waals surface area (Å²) in [6.45, 7) is 7.26. The van der Waals surface area contributed by atoms with E-state index in [9.17, 15) is 22.8 Å². The number of anilines is 2. The molecule has 1 fully saturated rings. The van der Waals surface area contributed by atoms with Crippen molar-refractivity contribution >= 4 is 23.2 Å². The number of halogens is 3. The van der Waals surface area contributed by atoms with E-state index < -0.39 is 23.6 Å². The van der Waals surface area contributed by atoms with Crippen LogP contribution in [0.3, 0.4) is 0 Å². The zero-order chi connectivity index (χ0) is 22.8. The molecule has 1 aliphatic rings. The van der Waals surface area contributed by atoms with Gasteiger partial charge in [-0.25, -0.2) is 0 Å². The molecule has 31 heavy (non-hydrogen) atoms. The Balaban J connectivity index is 1.52. The molecule has 2 aromatic carbocycles. The van der Waals surface area contributed by atoms with Crippen molar-refractivity contribution in [2.24, 2.45) is 0 Å². The molecule has 166 valence electrons. The Labute approximate surface area is 179 Å². The van der Waals surface area contributed by atoms with Crippen molar-refractivity contribution in [1.29, 1.82) is 0 Å². The van der Waals surface area contributed by atoms with Crippen molar-refractivity contribution in [2.45, 2.75) is 44.8 Å². The van der Waals surface area contributed by atoms with Crippen molar-refractivity contribution in [3.63, 3.8) is 0 Å². The Hall–Kier alpha value is -3.03. The second kappa shape index (κ2) is 8.61. The SMILES string of the molecule is CC(C)(C)c1ccc(NC(=O)C(=O)NC2CCN(c3ccc(C(F)(F)F)cc3)C2)cc1. The molecule has 0 bridgehead atoms. The fourth-order valence-electron chi connectivity index (χ4n) is 3.47. The van der Waals surface area contributed by atoms with E-state index in [0.29, 0.717) is 30.9 Å². The Kier molecular flexibility index (Phi) is 6.29. The normalized spacial score (nSPS) is 16.8. The summed E-state index contributed by atoms with van der Waals surface area (Å²) in [5.74, 6) is -1.49. The van der Waals surface area contributed by atoms with Gasteiger partial charge in [-0.2, -0.15) is 13.2 Å². The molecule has 8 heteroatoms. The molecule has 2 N–H and O–H groups in total. The topological polar surface area (TPSA) is 61.4 Å². The highest BCUT2D eigenvalue weighted by molar-refractivity contribution is 6.39. The first-order valence-electron chi connectivity index (χ1n) is 10.1. The number of carbonyl (C=O) groups excluding carboxylic acids is 2. The summed E-state index contributed by atoms with van der Waals surface area (Å²) < 4.78 is 38.1.